The van der Waals surface area contributed by atoms with Gasteiger partial charge in [0.1, 0.15) is 6.54 Å². The molecule has 6 heteroatoms. The third-order valence-electron chi connectivity index (χ3n) is 4.70. The second kappa shape index (κ2) is 6.76. The van der Waals surface area contributed by atoms with Gasteiger partial charge in [-0.05, 0) is 30.4 Å². The fourth-order valence-electron chi connectivity index (χ4n) is 3.41. The lowest BCUT2D eigenvalue weighted by molar-refractivity contribution is -0.134. The monoisotopic (exact) mass is 347 g/mol. The molecule has 1 fully saturated rings. The molecule has 0 aliphatic carbocycles. The zero-order valence-electron chi connectivity index (χ0n) is 14.3. The summed E-state index contributed by atoms with van der Waals surface area (Å²) in [5.74, 6) is 0.374. The van der Waals surface area contributed by atoms with Gasteiger partial charge in [-0.25, -0.2) is 0 Å². The molecule has 0 unspecified atom stereocenters. The van der Waals surface area contributed by atoms with Gasteiger partial charge < -0.3 is 15.5 Å². The summed E-state index contributed by atoms with van der Waals surface area (Å²) >= 11 is 1.58. The summed E-state index contributed by atoms with van der Waals surface area (Å²) in [6.07, 6.45) is 2.14. The third kappa shape index (κ3) is 3.59. The van der Waals surface area contributed by atoms with Crippen molar-refractivity contribution in [2.24, 2.45) is 11.1 Å². The van der Waals surface area contributed by atoms with E-state index in [2.05, 4.69) is 13.8 Å². The first-order valence-corrected chi connectivity index (χ1v) is 9.42. The highest BCUT2D eigenvalue weighted by molar-refractivity contribution is 7.99. The number of thioether (sulfide) groups is 1. The Hall–Kier alpha value is -1.53. The number of fused-ring (bicyclic) bond motifs is 1. The average molecular weight is 347 g/mol. The molecular weight excluding hydrogens is 322 g/mol. The molecule has 5 nitrogen and oxygen atoms in total. The van der Waals surface area contributed by atoms with Crippen molar-refractivity contribution in [3.8, 4) is 0 Å². The van der Waals surface area contributed by atoms with E-state index in [1.807, 2.05) is 29.2 Å². The second-order valence-electron chi connectivity index (χ2n) is 7.39. The van der Waals surface area contributed by atoms with Gasteiger partial charge in [-0.2, -0.15) is 0 Å². The predicted octanol–water partition coefficient (Wildman–Crippen LogP) is 2.10. The fourth-order valence-corrected chi connectivity index (χ4v) is 4.41. The number of hydrogen-bond donors (Lipinski definition) is 1. The van der Waals surface area contributed by atoms with E-state index in [0.717, 1.165) is 36.5 Å². The molecule has 2 aliphatic heterocycles. The van der Waals surface area contributed by atoms with Gasteiger partial charge in [0, 0.05) is 23.7 Å². The number of piperidine rings is 1. The second-order valence-corrected chi connectivity index (χ2v) is 8.45. The summed E-state index contributed by atoms with van der Waals surface area (Å²) in [6.45, 7) is 5.96. The van der Waals surface area contributed by atoms with Crippen LogP contribution in [0.3, 0.4) is 0 Å². The maximum Gasteiger partial charge on any atom is 0.245 e. The Labute approximate surface area is 147 Å². The Kier molecular flexibility index (Phi) is 4.88. The molecule has 130 valence electrons. The summed E-state index contributed by atoms with van der Waals surface area (Å²) < 4.78 is 0. The van der Waals surface area contributed by atoms with Gasteiger partial charge in [0.2, 0.25) is 11.8 Å². The van der Waals surface area contributed by atoms with Crippen LogP contribution in [0.4, 0.5) is 5.69 Å². The molecule has 2 aliphatic rings. The Morgan fingerprint density at radius 2 is 2.12 bits per heavy atom. The van der Waals surface area contributed by atoms with Gasteiger partial charge in [0.15, 0.2) is 0 Å². The lowest BCUT2D eigenvalue weighted by Crippen LogP contribution is -2.51. The van der Waals surface area contributed by atoms with Crippen molar-refractivity contribution in [3.63, 3.8) is 0 Å². The first-order chi connectivity index (χ1) is 11.4. The topological polar surface area (TPSA) is 66.6 Å². The van der Waals surface area contributed by atoms with E-state index in [1.165, 1.54) is 0 Å². The normalized spacial score (nSPS) is 23.6. The van der Waals surface area contributed by atoms with Crippen molar-refractivity contribution in [2.45, 2.75) is 37.6 Å². The van der Waals surface area contributed by atoms with Gasteiger partial charge in [-0.1, -0.05) is 26.0 Å². The lowest BCUT2D eigenvalue weighted by atomic mass is 9.84. The number of anilines is 1. The molecule has 0 aromatic heterocycles. The molecule has 1 atom stereocenters. The highest BCUT2D eigenvalue weighted by atomic mass is 32.2. The molecule has 0 radical (unpaired) electrons. The molecule has 3 rings (SSSR count). The molecule has 2 amide bonds. The largest absolute Gasteiger partial charge is 0.341 e. The van der Waals surface area contributed by atoms with E-state index >= 15 is 0 Å². The summed E-state index contributed by atoms with van der Waals surface area (Å²) in [5.41, 5.74) is 6.94. The molecular formula is C18H25N3O2S. The van der Waals surface area contributed by atoms with E-state index in [9.17, 15) is 9.59 Å². The van der Waals surface area contributed by atoms with Crippen LogP contribution in [0.2, 0.25) is 0 Å². The molecule has 2 heterocycles. The van der Waals surface area contributed by atoms with E-state index in [4.69, 9.17) is 5.73 Å². The number of amides is 2. The van der Waals surface area contributed by atoms with E-state index in [0.29, 0.717) is 5.75 Å². The Bertz CT molecular complexity index is 647. The number of nitrogens with two attached hydrogens (primary N) is 1. The van der Waals surface area contributed by atoms with Crippen molar-refractivity contribution in [1.29, 1.82) is 0 Å². The Morgan fingerprint density at radius 1 is 1.38 bits per heavy atom. The minimum Gasteiger partial charge on any atom is -0.341 e. The van der Waals surface area contributed by atoms with Crippen LogP contribution in [-0.4, -0.2) is 48.1 Å². The zero-order valence-corrected chi connectivity index (χ0v) is 15.1. The van der Waals surface area contributed by atoms with Crippen molar-refractivity contribution < 1.29 is 9.59 Å². The van der Waals surface area contributed by atoms with Gasteiger partial charge in [-0.15, -0.1) is 11.8 Å². The molecule has 24 heavy (non-hydrogen) atoms. The maximum atomic E-state index is 12.8. The fraction of sp³-hybridized carbons (Fsp3) is 0.556. The smallest absolute Gasteiger partial charge is 0.245 e. The Balaban J connectivity index is 1.81. The maximum absolute atomic E-state index is 12.8. The molecule has 1 aromatic rings. The van der Waals surface area contributed by atoms with Gasteiger partial charge in [-0.3, -0.25) is 9.59 Å². The van der Waals surface area contributed by atoms with Crippen LogP contribution in [0.15, 0.2) is 29.2 Å². The van der Waals surface area contributed by atoms with Crippen LogP contribution in [-0.2, 0) is 9.59 Å². The number of likely N-dealkylation sites (tertiary alicyclic amines) is 1. The number of carbonyl (C=O) groups is 2. The molecule has 0 bridgehead atoms. The minimum absolute atomic E-state index is 0.00466. The van der Waals surface area contributed by atoms with Crippen molar-refractivity contribution in [3.05, 3.63) is 24.3 Å². The molecule has 1 saturated heterocycles. The Morgan fingerprint density at radius 3 is 2.88 bits per heavy atom. The summed E-state index contributed by atoms with van der Waals surface area (Å²) in [5, 5.41) is 0. The third-order valence-corrected chi connectivity index (χ3v) is 5.89. The van der Waals surface area contributed by atoms with Crippen LogP contribution in [0.1, 0.15) is 26.7 Å². The molecule has 0 spiro atoms. The van der Waals surface area contributed by atoms with Gasteiger partial charge in [0.25, 0.3) is 0 Å². The van der Waals surface area contributed by atoms with Crippen LogP contribution in [0.5, 0.6) is 0 Å². The number of hydrogen-bond acceptors (Lipinski definition) is 4. The first kappa shape index (κ1) is 17.3. The standard InChI is InChI=1S/C18H25N3O2S/c1-18(2)8-5-9-20(12-18)16(22)10-21-14-6-3-4-7-15(14)24-11-13(19)17(21)23/h3-4,6-7,13H,5,8-12,19H2,1-2H3/t13-/m1/s1. The first-order valence-electron chi connectivity index (χ1n) is 8.44. The minimum atomic E-state index is -0.576. The van der Waals surface area contributed by atoms with Crippen LogP contribution in [0, 0.1) is 5.41 Å². The van der Waals surface area contributed by atoms with E-state index in [-0.39, 0.29) is 23.8 Å². The SMILES string of the molecule is CC1(C)CCCN(C(=O)CN2C(=O)[C@H](N)CSc3ccccc32)C1. The predicted molar refractivity (Wildman–Crippen MR) is 97.1 cm³/mol. The van der Waals surface area contributed by atoms with Gasteiger partial charge >= 0.3 is 0 Å². The van der Waals surface area contributed by atoms with Crippen LogP contribution in [0.25, 0.3) is 0 Å². The van der Waals surface area contributed by atoms with E-state index < -0.39 is 6.04 Å². The zero-order chi connectivity index (χ0) is 17.3. The lowest BCUT2D eigenvalue weighted by Gasteiger charge is -2.39. The van der Waals surface area contributed by atoms with E-state index in [1.54, 1.807) is 16.7 Å². The average Bonchev–Trinajstić information content (AvgIpc) is 2.66. The summed E-state index contributed by atoms with van der Waals surface area (Å²) in [7, 11) is 0. The molecule has 0 saturated carbocycles. The number of nitrogens with zero attached hydrogens (tertiary/aromatic N) is 2. The highest BCUT2D eigenvalue weighted by Crippen LogP contribution is 2.34. The van der Waals surface area contributed by atoms with Crippen molar-refractivity contribution in [1.82, 2.24) is 4.90 Å². The number of carbonyl (C=O) groups excluding carboxylic acids is 2. The summed E-state index contributed by atoms with van der Waals surface area (Å²) in [6, 6.07) is 7.14. The van der Waals surface area contributed by atoms with Crippen LogP contribution >= 0.6 is 11.8 Å². The molecule has 2 N–H and O–H groups in total. The highest BCUT2D eigenvalue weighted by Gasteiger charge is 2.33. The van der Waals surface area contributed by atoms with Crippen molar-refractivity contribution in [2.75, 3.05) is 30.3 Å². The van der Waals surface area contributed by atoms with Crippen molar-refractivity contribution >= 4 is 29.3 Å². The molecule has 1 aromatic carbocycles. The van der Waals surface area contributed by atoms with Gasteiger partial charge in [0.05, 0.1) is 11.7 Å². The van der Waals surface area contributed by atoms with Crippen LogP contribution < -0.4 is 10.6 Å². The summed E-state index contributed by atoms with van der Waals surface area (Å²) in [4.78, 5) is 30.0. The quantitative estimate of drug-likeness (QED) is 0.890. The number of benzene rings is 1. The number of para-hydroxylation sites is 1. The number of rotatable bonds is 2.